The number of ether oxygens (including phenoxy) is 1. The molecule has 0 radical (unpaired) electrons. The number of hydrogen-bond acceptors (Lipinski definition) is 2. The summed E-state index contributed by atoms with van der Waals surface area (Å²) in [4.78, 5) is 0. The van der Waals surface area contributed by atoms with Crippen molar-refractivity contribution < 1.29 is 4.74 Å². The van der Waals surface area contributed by atoms with E-state index in [2.05, 4.69) is 54.2 Å². The van der Waals surface area contributed by atoms with Crippen LogP contribution < -0.4 is 10.1 Å². The molecule has 0 amide bonds. The van der Waals surface area contributed by atoms with Crippen molar-refractivity contribution in [1.29, 1.82) is 0 Å². The molecule has 0 unspecified atom stereocenters. The first kappa shape index (κ1) is 16.5. The molecular formula is C15H21BrClNO. The number of aryl methyl sites for hydroxylation is 1. The van der Waals surface area contributed by atoms with Crippen LogP contribution in [0.5, 0.6) is 5.75 Å². The van der Waals surface area contributed by atoms with Gasteiger partial charge >= 0.3 is 0 Å². The standard InChI is InChI=1S/C15H21BrClNO/c1-11(2)9-18-10-13-8-14(16)7-12(3)15(13)19-6-4-5-17/h4-5,7-8,11,18H,6,9-10H2,1-3H3/b5-4+. The molecule has 0 aliphatic heterocycles. The Bertz CT molecular complexity index is 432. The molecular weight excluding hydrogens is 326 g/mol. The Morgan fingerprint density at radius 1 is 1.42 bits per heavy atom. The van der Waals surface area contributed by atoms with E-state index in [1.807, 2.05) is 0 Å². The van der Waals surface area contributed by atoms with Gasteiger partial charge in [-0.25, -0.2) is 0 Å². The normalized spacial score (nSPS) is 11.5. The maximum Gasteiger partial charge on any atom is 0.127 e. The Morgan fingerprint density at radius 3 is 2.79 bits per heavy atom. The van der Waals surface area contributed by atoms with Gasteiger partial charge in [0, 0.05) is 22.1 Å². The Morgan fingerprint density at radius 2 is 2.16 bits per heavy atom. The highest BCUT2D eigenvalue weighted by atomic mass is 79.9. The second kappa shape index (κ2) is 8.62. The quantitative estimate of drug-likeness (QED) is 0.777. The monoisotopic (exact) mass is 345 g/mol. The summed E-state index contributed by atoms with van der Waals surface area (Å²) >= 11 is 9.04. The zero-order valence-electron chi connectivity index (χ0n) is 11.7. The van der Waals surface area contributed by atoms with Gasteiger partial charge < -0.3 is 10.1 Å². The van der Waals surface area contributed by atoms with Crippen molar-refractivity contribution in [3.63, 3.8) is 0 Å². The molecule has 4 heteroatoms. The van der Waals surface area contributed by atoms with Crippen molar-refractivity contribution in [2.24, 2.45) is 5.92 Å². The zero-order valence-corrected chi connectivity index (χ0v) is 14.0. The van der Waals surface area contributed by atoms with Crippen molar-refractivity contribution in [3.05, 3.63) is 39.3 Å². The largest absolute Gasteiger partial charge is 0.489 e. The summed E-state index contributed by atoms with van der Waals surface area (Å²) in [5, 5.41) is 3.44. The highest BCUT2D eigenvalue weighted by Gasteiger charge is 2.09. The maximum atomic E-state index is 5.79. The van der Waals surface area contributed by atoms with Gasteiger partial charge in [-0.15, -0.1) is 0 Å². The fourth-order valence-electron chi connectivity index (χ4n) is 1.80. The molecule has 19 heavy (non-hydrogen) atoms. The minimum atomic E-state index is 0.489. The fraction of sp³-hybridized carbons (Fsp3) is 0.467. The van der Waals surface area contributed by atoms with E-state index >= 15 is 0 Å². The number of benzene rings is 1. The molecule has 1 N–H and O–H groups in total. The van der Waals surface area contributed by atoms with E-state index in [9.17, 15) is 0 Å². The van der Waals surface area contributed by atoms with Crippen LogP contribution in [0.25, 0.3) is 0 Å². The zero-order chi connectivity index (χ0) is 14.3. The highest BCUT2D eigenvalue weighted by Crippen LogP contribution is 2.28. The lowest BCUT2D eigenvalue weighted by Crippen LogP contribution is -2.19. The lowest BCUT2D eigenvalue weighted by atomic mass is 10.1. The summed E-state index contributed by atoms with van der Waals surface area (Å²) < 4.78 is 6.86. The predicted molar refractivity (Wildman–Crippen MR) is 85.9 cm³/mol. The first-order valence-corrected chi connectivity index (χ1v) is 7.65. The third-order valence-electron chi connectivity index (χ3n) is 2.60. The van der Waals surface area contributed by atoms with Gasteiger partial charge in [-0.05, 0) is 43.2 Å². The van der Waals surface area contributed by atoms with Crippen LogP contribution in [-0.2, 0) is 6.54 Å². The molecule has 0 heterocycles. The van der Waals surface area contributed by atoms with Crippen LogP contribution >= 0.6 is 27.5 Å². The summed E-state index contributed by atoms with van der Waals surface area (Å²) in [5.41, 5.74) is 3.76. The number of halogens is 2. The van der Waals surface area contributed by atoms with E-state index in [0.717, 1.165) is 34.4 Å². The van der Waals surface area contributed by atoms with Crippen LogP contribution in [0.3, 0.4) is 0 Å². The summed E-state index contributed by atoms with van der Waals surface area (Å²) in [5.74, 6) is 1.58. The van der Waals surface area contributed by atoms with Crippen LogP contribution in [0, 0.1) is 12.8 Å². The topological polar surface area (TPSA) is 21.3 Å². The molecule has 0 aliphatic carbocycles. The molecule has 1 aromatic carbocycles. The summed E-state index contributed by atoms with van der Waals surface area (Å²) in [7, 11) is 0. The van der Waals surface area contributed by atoms with Crippen LogP contribution in [0.2, 0.25) is 0 Å². The van der Waals surface area contributed by atoms with Crippen molar-refractivity contribution in [2.75, 3.05) is 13.2 Å². The van der Waals surface area contributed by atoms with Crippen molar-refractivity contribution in [3.8, 4) is 5.75 Å². The van der Waals surface area contributed by atoms with E-state index < -0.39 is 0 Å². The molecule has 0 atom stereocenters. The van der Waals surface area contributed by atoms with Gasteiger partial charge in [-0.1, -0.05) is 41.4 Å². The Kier molecular flexibility index (Phi) is 7.51. The van der Waals surface area contributed by atoms with Crippen LogP contribution in [0.15, 0.2) is 28.2 Å². The van der Waals surface area contributed by atoms with E-state index in [1.165, 1.54) is 5.54 Å². The second-order valence-corrected chi connectivity index (χ2v) is 6.08. The summed E-state index contributed by atoms with van der Waals surface area (Å²) in [6.45, 7) is 8.73. The highest BCUT2D eigenvalue weighted by molar-refractivity contribution is 9.10. The molecule has 0 saturated carbocycles. The van der Waals surface area contributed by atoms with Gasteiger partial charge in [0.25, 0.3) is 0 Å². The molecule has 1 aromatic rings. The first-order valence-electron chi connectivity index (χ1n) is 6.42. The second-order valence-electron chi connectivity index (χ2n) is 4.91. The third-order valence-corrected chi connectivity index (χ3v) is 3.23. The molecule has 0 bridgehead atoms. The molecule has 2 nitrogen and oxygen atoms in total. The van der Waals surface area contributed by atoms with Gasteiger partial charge in [0.1, 0.15) is 12.4 Å². The van der Waals surface area contributed by atoms with Gasteiger partial charge in [-0.2, -0.15) is 0 Å². The smallest absolute Gasteiger partial charge is 0.127 e. The van der Waals surface area contributed by atoms with Gasteiger partial charge in [0.15, 0.2) is 0 Å². The predicted octanol–water partition coefficient (Wildman–Crippen LogP) is 4.63. The Balaban J connectivity index is 2.80. The molecule has 0 aromatic heterocycles. The van der Waals surface area contributed by atoms with E-state index in [1.54, 1.807) is 6.08 Å². The molecule has 0 fully saturated rings. The van der Waals surface area contributed by atoms with Crippen LogP contribution in [0.4, 0.5) is 0 Å². The number of hydrogen-bond donors (Lipinski definition) is 1. The van der Waals surface area contributed by atoms with E-state index in [-0.39, 0.29) is 0 Å². The Hall–Kier alpha value is -0.510. The lowest BCUT2D eigenvalue weighted by molar-refractivity contribution is 0.354. The average Bonchev–Trinajstić information content (AvgIpc) is 2.32. The van der Waals surface area contributed by atoms with Crippen LogP contribution in [0.1, 0.15) is 25.0 Å². The van der Waals surface area contributed by atoms with E-state index in [4.69, 9.17) is 16.3 Å². The average molecular weight is 347 g/mol. The SMILES string of the molecule is Cc1cc(Br)cc(CNCC(C)C)c1OC/C=C/Cl. The van der Waals surface area contributed by atoms with E-state index in [0.29, 0.717) is 12.5 Å². The minimum absolute atomic E-state index is 0.489. The summed E-state index contributed by atoms with van der Waals surface area (Å²) in [6.07, 6.45) is 1.79. The fourth-order valence-corrected chi connectivity index (χ4v) is 2.49. The van der Waals surface area contributed by atoms with Gasteiger partial charge in [0.05, 0.1) is 0 Å². The maximum absolute atomic E-state index is 5.79. The molecule has 0 saturated heterocycles. The third kappa shape index (κ3) is 5.98. The molecule has 0 spiro atoms. The molecule has 0 aliphatic rings. The van der Waals surface area contributed by atoms with Gasteiger partial charge in [0.2, 0.25) is 0 Å². The lowest BCUT2D eigenvalue weighted by Gasteiger charge is -2.15. The van der Waals surface area contributed by atoms with Crippen molar-refractivity contribution >= 4 is 27.5 Å². The van der Waals surface area contributed by atoms with Crippen molar-refractivity contribution in [1.82, 2.24) is 5.32 Å². The first-order chi connectivity index (χ1) is 9.04. The molecule has 1 rings (SSSR count). The number of nitrogens with one attached hydrogen (secondary N) is 1. The van der Waals surface area contributed by atoms with Gasteiger partial charge in [-0.3, -0.25) is 0 Å². The van der Waals surface area contributed by atoms with Crippen LogP contribution in [-0.4, -0.2) is 13.2 Å². The molecule has 106 valence electrons. The van der Waals surface area contributed by atoms with Crippen molar-refractivity contribution in [2.45, 2.75) is 27.3 Å². The summed E-state index contributed by atoms with van der Waals surface area (Å²) in [6, 6.07) is 4.16. The number of rotatable bonds is 7. The minimum Gasteiger partial charge on any atom is -0.489 e. The Labute approximate surface area is 129 Å².